The van der Waals surface area contributed by atoms with E-state index in [-0.39, 0.29) is 5.97 Å². The zero-order chi connectivity index (χ0) is 14.5. The molecule has 2 rings (SSSR count). The summed E-state index contributed by atoms with van der Waals surface area (Å²) in [6.07, 6.45) is 2.29. The number of rotatable bonds is 4. The van der Waals surface area contributed by atoms with Gasteiger partial charge < -0.3 is 20.7 Å². The first-order chi connectivity index (χ1) is 9.61. The number of carbonyl (C=O) groups excluding carboxylic acids is 1. The van der Waals surface area contributed by atoms with Gasteiger partial charge in [0.2, 0.25) is 0 Å². The van der Waals surface area contributed by atoms with E-state index >= 15 is 0 Å². The molecule has 1 aliphatic rings. The second-order valence-corrected chi connectivity index (χ2v) is 5.23. The number of likely N-dealkylation sites (tertiary alicyclic amines) is 1. The second kappa shape index (κ2) is 6.61. The first-order valence-electron chi connectivity index (χ1n) is 7.12. The third kappa shape index (κ3) is 3.42. The summed E-state index contributed by atoms with van der Waals surface area (Å²) in [5.74, 6) is -0.366. The van der Waals surface area contributed by atoms with E-state index in [1.165, 1.54) is 6.42 Å². The summed E-state index contributed by atoms with van der Waals surface area (Å²) in [5, 5.41) is 3.44. The lowest BCUT2D eigenvalue weighted by molar-refractivity contribution is 0.0527. The number of para-hydroxylation sites is 1. The standard InChI is InChI=1S/C15H23N3O2/c1-3-20-15(19)12-7-4-8-13(14(12)16)17-11-6-5-9-18(2)10-11/h4,7-8,11,17H,3,5-6,9-10,16H2,1-2H3. The molecular formula is C15H23N3O2. The number of nitrogens with one attached hydrogen (secondary N) is 1. The van der Waals surface area contributed by atoms with Crippen molar-refractivity contribution in [3.8, 4) is 0 Å². The number of benzene rings is 1. The molecule has 1 fully saturated rings. The number of esters is 1. The lowest BCUT2D eigenvalue weighted by Gasteiger charge is -2.31. The predicted molar refractivity (Wildman–Crippen MR) is 81.0 cm³/mol. The molecule has 1 saturated heterocycles. The summed E-state index contributed by atoms with van der Waals surface area (Å²) in [4.78, 5) is 14.1. The van der Waals surface area contributed by atoms with E-state index in [0.717, 1.165) is 25.2 Å². The molecule has 0 bridgehead atoms. The Morgan fingerprint density at radius 3 is 3.05 bits per heavy atom. The van der Waals surface area contributed by atoms with Gasteiger partial charge in [0.1, 0.15) is 0 Å². The van der Waals surface area contributed by atoms with Crippen molar-refractivity contribution in [1.29, 1.82) is 0 Å². The number of nitrogens with two attached hydrogens (primary N) is 1. The van der Waals surface area contributed by atoms with Crippen LogP contribution in [0.15, 0.2) is 18.2 Å². The molecule has 0 aromatic heterocycles. The molecule has 1 aromatic rings. The van der Waals surface area contributed by atoms with Crippen LogP contribution < -0.4 is 11.1 Å². The maximum Gasteiger partial charge on any atom is 0.340 e. The van der Waals surface area contributed by atoms with Crippen molar-refractivity contribution in [3.63, 3.8) is 0 Å². The Morgan fingerprint density at radius 2 is 2.35 bits per heavy atom. The van der Waals surface area contributed by atoms with Crippen LogP contribution in [0.4, 0.5) is 11.4 Å². The summed E-state index contributed by atoms with van der Waals surface area (Å²) in [6, 6.07) is 5.81. The number of carbonyl (C=O) groups is 1. The van der Waals surface area contributed by atoms with Gasteiger partial charge in [-0.1, -0.05) is 6.07 Å². The maximum absolute atomic E-state index is 11.8. The van der Waals surface area contributed by atoms with Crippen LogP contribution in [-0.2, 0) is 4.74 Å². The molecule has 1 aromatic carbocycles. The highest BCUT2D eigenvalue weighted by molar-refractivity contribution is 5.98. The zero-order valence-electron chi connectivity index (χ0n) is 12.2. The van der Waals surface area contributed by atoms with Gasteiger partial charge in [-0.25, -0.2) is 4.79 Å². The number of nitrogens with zero attached hydrogens (tertiary/aromatic N) is 1. The number of piperidine rings is 1. The molecule has 0 amide bonds. The molecule has 1 atom stereocenters. The molecule has 1 heterocycles. The Hall–Kier alpha value is -1.75. The van der Waals surface area contributed by atoms with E-state index in [1.54, 1.807) is 13.0 Å². The Balaban J connectivity index is 2.12. The van der Waals surface area contributed by atoms with Crippen LogP contribution in [0.5, 0.6) is 0 Å². The van der Waals surface area contributed by atoms with Crippen LogP contribution in [0.2, 0.25) is 0 Å². The molecule has 110 valence electrons. The van der Waals surface area contributed by atoms with E-state index < -0.39 is 0 Å². The van der Waals surface area contributed by atoms with Crippen molar-refractivity contribution < 1.29 is 9.53 Å². The van der Waals surface area contributed by atoms with E-state index in [0.29, 0.717) is 23.9 Å². The minimum absolute atomic E-state index is 0.351. The topological polar surface area (TPSA) is 67.6 Å². The molecule has 0 aliphatic carbocycles. The molecular weight excluding hydrogens is 254 g/mol. The average molecular weight is 277 g/mol. The first-order valence-corrected chi connectivity index (χ1v) is 7.12. The molecule has 5 heteroatoms. The highest BCUT2D eigenvalue weighted by Gasteiger charge is 2.19. The summed E-state index contributed by atoms with van der Waals surface area (Å²) in [6.45, 7) is 4.26. The van der Waals surface area contributed by atoms with E-state index in [1.807, 2.05) is 12.1 Å². The minimum atomic E-state index is -0.366. The van der Waals surface area contributed by atoms with Gasteiger partial charge in [-0.05, 0) is 45.5 Å². The van der Waals surface area contributed by atoms with Crippen LogP contribution in [0, 0.1) is 0 Å². The van der Waals surface area contributed by atoms with Gasteiger partial charge in [-0.2, -0.15) is 0 Å². The average Bonchev–Trinajstić information content (AvgIpc) is 2.41. The molecule has 5 nitrogen and oxygen atoms in total. The molecule has 0 saturated carbocycles. The van der Waals surface area contributed by atoms with Crippen LogP contribution in [-0.4, -0.2) is 43.7 Å². The Bertz CT molecular complexity index is 476. The quantitative estimate of drug-likeness (QED) is 0.650. The summed E-state index contributed by atoms with van der Waals surface area (Å²) in [7, 11) is 2.12. The fraction of sp³-hybridized carbons (Fsp3) is 0.533. The van der Waals surface area contributed by atoms with Gasteiger partial charge in [0.05, 0.1) is 23.5 Å². The monoisotopic (exact) mass is 277 g/mol. The third-order valence-corrected chi connectivity index (χ3v) is 3.59. The van der Waals surface area contributed by atoms with Crippen molar-refractivity contribution in [2.75, 3.05) is 37.8 Å². The predicted octanol–water partition coefficient (Wildman–Crippen LogP) is 1.95. The summed E-state index contributed by atoms with van der Waals surface area (Å²) < 4.78 is 5.02. The van der Waals surface area contributed by atoms with E-state index in [4.69, 9.17) is 10.5 Å². The highest BCUT2D eigenvalue weighted by Crippen LogP contribution is 2.25. The van der Waals surface area contributed by atoms with Crippen molar-refractivity contribution in [2.24, 2.45) is 0 Å². The Labute approximate surface area is 120 Å². The van der Waals surface area contributed by atoms with Crippen molar-refractivity contribution in [3.05, 3.63) is 23.8 Å². The first kappa shape index (κ1) is 14.7. The lowest BCUT2D eigenvalue weighted by atomic mass is 10.0. The number of hydrogen-bond acceptors (Lipinski definition) is 5. The molecule has 3 N–H and O–H groups in total. The van der Waals surface area contributed by atoms with Crippen molar-refractivity contribution in [2.45, 2.75) is 25.8 Å². The van der Waals surface area contributed by atoms with Gasteiger partial charge >= 0.3 is 5.97 Å². The fourth-order valence-corrected chi connectivity index (χ4v) is 2.58. The normalized spacial score (nSPS) is 19.6. The van der Waals surface area contributed by atoms with Crippen molar-refractivity contribution in [1.82, 2.24) is 4.90 Å². The third-order valence-electron chi connectivity index (χ3n) is 3.59. The largest absolute Gasteiger partial charge is 0.462 e. The molecule has 1 aliphatic heterocycles. The number of ether oxygens (including phenoxy) is 1. The number of anilines is 2. The van der Waals surface area contributed by atoms with Crippen molar-refractivity contribution >= 4 is 17.3 Å². The maximum atomic E-state index is 11.8. The zero-order valence-corrected chi connectivity index (χ0v) is 12.2. The van der Waals surface area contributed by atoms with Gasteiger partial charge in [0.15, 0.2) is 0 Å². The fourth-order valence-electron chi connectivity index (χ4n) is 2.58. The summed E-state index contributed by atoms with van der Waals surface area (Å²) >= 11 is 0. The Morgan fingerprint density at radius 1 is 1.55 bits per heavy atom. The number of likely N-dealkylation sites (N-methyl/N-ethyl adjacent to an activating group) is 1. The second-order valence-electron chi connectivity index (χ2n) is 5.23. The minimum Gasteiger partial charge on any atom is -0.462 e. The molecule has 20 heavy (non-hydrogen) atoms. The Kier molecular flexibility index (Phi) is 4.84. The van der Waals surface area contributed by atoms with E-state index in [9.17, 15) is 4.79 Å². The van der Waals surface area contributed by atoms with Gasteiger partial charge in [-0.3, -0.25) is 0 Å². The number of nitrogen functional groups attached to an aromatic ring is 1. The van der Waals surface area contributed by atoms with E-state index in [2.05, 4.69) is 17.3 Å². The van der Waals surface area contributed by atoms with Gasteiger partial charge in [-0.15, -0.1) is 0 Å². The van der Waals surface area contributed by atoms with Crippen LogP contribution in [0.25, 0.3) is 0 Å². The molecule has 0 radical (unpaired) electrons. The van der Waals surface area contributed by atoms with Gasteiger partial charge in [0.25, 0.3) is 0 Å². The van der Waals surface area contributed by atoms with Crippen LogP contribution >= 0.6 is 0 Å². The lowest BCUT2D eigenvalue weighted by Crippen LogP contribution is -2.39. The summed E-state index contributed by atoms with van der Waals surface area (Å²) in [5.41, 5.74) is 7.81. The smallest absolute Gasteiger partial charge is 0.340 e. The number of hydrogen-bond donors (Lipinski definition) is 2. The SMILES string of the molecule is CCOC(=O)c1cccc(NC2CCCN(C)C2)c1N. The van der Waals surface area contributed by atoms with Crippen LogP contribution in [0.1, 0.15) is 30.1 Å². The molecule has 1 unspecified atom stereocenters. The molecule has 0 spiro atoms. The highest BCUT2D eigenvalue weighted by atomic mass is 16.5. The van der Waals surface area contributed by atoms with Gasteiger partial charge in [0, 0.05) is 12.6 Å². The van der Waals surface area contributed by atoms with Crippen LogP contribution in [0.3, 0.4) is 0 Å².